The lowest BCUT2D eigenvalue weighted by Gasteiger charge is -2.15. The third-order valence-corrected chi connectivity index (χ3v) is 4.41. The smallest absolute Gasteiger partial charge is 0.166 e. The van der Waals surface area contributed by atoms with Crippen molar-refractivity contribution >= 4 is 29.1 Å². The van der Waals surface area contributed by atoms with E-state index in [9.17, 15) is 0 Å². The fourth-order valence-electron chi connectivity index (χ4n) is 2.12. The summed E-state index contributed by atoms with van der Waals surface area (Å²) in [4.78, 5) is 4.53. The van der Waals surface area contributed by atoms with Gasteiger partial charge in [-0.15, -0.1) is 0 Å². The Labute approximate surface area is 118 Å². The summed E-state index contributed by atoms with van der Waals surface area (Å²) in [6, 6.07) is 0. The van der Waals surface area contributed by atoms with Crippen molar-refractivity contribution in [3.05, 3.63) is 17.7 Å². The second-order valence-corrected chi connectivity index (χ2v) is 5.86. The average Bonchev–Trinajstić information content (AvgIpc) is 2.81. The van der Waals surface area contributed by atoms with Crippen LogP contribution in [-0.2, 0) is 18.7 Å². The maximum atomic E-state index is 5.02. The molecule has 0 fully saturated rings. The number of aromatic nitrogens is 2. The Kier molecular flexibility index (Phi) is 5.31. The van der Waals surface area contributed by atoms with Crippen LogP contribution in [0.3, 0.4) is 0 Å². The van der Waals surface area contributed by atoms with Crippen molar-refractivity contribution in [3.8, 4) is 0 Å². The highest BCUT2D eigenvalue weighted by Crippen LogP contribution is 2.21. The molecule has 1 aromatic heterocycles. The standard InChI is InChI=1S/C12H20N4S2/c1-13-12(17)14-5-7-18-8-10-11-4-2-3-6-16(11)9-15-10/h9H,2-8H2,1H3,(H2,13,14,17). The molecule has 2 heterocycles. The molecule has 1 aromatic rings. The molecule has 0 unspecified atom stereocenters. The Hall–Kier alpha value is -0.750. The molecule has 0 aliphatic carbocycles. The average molecular weight is 284 g/mol. The Morgan fingerprint density at radius 3 is 3.28 bits per heavy atom. The molecule has 0 aromatic carbocycles. The Morgan fingerprint density at radius 2 is 2.44 bits per heavy atom. The Bertz CT molecular complexity index is 403. The van der Waals surface area contributed by atoms with Crippen LogP contribution in [0.4, 0.5) is 0 Å². The normalized spacial score (nSPS) is 14.1. The van der Waals surface area contributed by atoms with Gasteiger partial charge in [-0.3, -0.25) is 0 Å². The van der Waals surface area contributed by atoms with Gasteiger partial charge in [0.25, 0.3) is 0 Å². The minimum atomic E-state index is 0.718. The van der Waals surface area contributed by atoms with Gasteiger partial charge < -0.3 is 15.2 Å². The van der Waals surface area contributed by atoms with Gasteiger partial charge in [-0.05, 0) is 31.5 Å². The van der Waals surface area contributed by atoms with E-state index >= 15 is 0 Å². The van der Waals surface area contributed by atoms with Crippen molar-refractivity contribution in [2.75, 3.05) is 19.3 Å². The molecule has 0 amide bonds. The molecular formula is C12H20N4S2. The summed E-state index contributed by atoms with van der Waals surface area (Å²) in [5.41, 5.74) is 2.73. The molecule has 1 aliphatic heterocycles. The zero-order chi connectivity index (χ0) is 12.8. The summed E-state index contributed by atoms with van der Waals surface area (Å²) in [6.07, 6.45) is 5.79. The molecule has 2 rings (SSSR count). The number of hydrogen-bond donors (Lipinski definition) is 2. The highest BCUT2D eigenvalue weighted by atomic mass is 32.2. The molecule has 0 spiro atoms. The van der Waals surface area contributed by atoms with Gasteiger partial charge in [0.05, 0.1) is 12.0 Å². The number of nitrogens with one attached hydrogen (secondary N) is 2. The first-order chi connectivity index (χ1) is 8.81. The molecule has 2 N–H and O–H groups in total. The first-order valence-electron chi connectivity index (χ1n) is 6.37. The molecule has 4 nitrogen and oxygen atoms in total. The van der Waals surface area contributed by atoms with E-state index in [1.807, 2.05) is 25.1 Å². The maximum Gasteiger partial charge on any atom is 0.166 e. The number of hydrogen-bond acceptors (Lipinski definition) is 3. The van der Waals surface area contributed by atoms with Crippen LogP contribution in [0.2, 0.25) is 0 Å². The fraction of sp³-hybridized carbons (Fsp3) is 0.667. The fourth-order valence-corrected chi connectivity index (χ4v) is 3.05. The zero-order valence-electron chi connectivity index (χ0n) is 10.7. The van der Waals surface area contributed by atoms with Crippen molar-refractivity contribution in [2.45, 2.75) is 31.6 Å². The van der Waals surface area contributed by atoms with Crippen LogP contribution in [0.5, 0.6) is 0 Å². The number of aryl methyl sites for hydroxylation is 1. The summed E-state index contributed by atoms with van der Waals surface area (Å²) >= 11 is 6.93. The largest absolute Gasteiger partial charge is 0.366 e. The van der Waals surface area contributed by atoms with E-state index in [2.05, 4.69) is 20.2 Å². The second-order valence-electron chi connectivity index (χ2n) is 4.35. The summed E-state index contributed by atoms with van der Waals surface area (Å²) in [7, 11) is 1.83. The summed E-state index contributed by atoms with van der Waals surface area (Å²) < 4.78 is 2.31. The minimum absolute atomic E-state index is 0.718. The topological polar surface area (TPSA) is 41.9 Å². The van der Waals surface area contributed by atoms with Crippen molar-refractivity contribution in [3.63, 3.8) is 0 Å². The second kappa shape index (κ2) is 6.99. The van der Waals surface area contributed by atoms with Crippen LogP contribution in [0.25, 0.3) is 0 Å². The van der Waals surface area contributed by atoms with Crippen molar-refractivity contribution in [2.24, 2.45) is 0 Å². The van der Waals surface area contributed by atoms with Crippen LogP contribution in [-0.4, -0.2) is 34.0 Å². The molecular weight excluding hydrogens is 264 g/mol. The molecule has 0 atom stereocenters. The van der Waals surface area contributed by atoms with Gasteiger partial charge in [0.2, 0.25) is 0 Å². The molecule has 1 aliphatic rings. The number of thiocarbonyl (C=S) groups is 1. The molecule has 18 heavy (non-hydrogen) atoms. The van der Waals surface area contributed by atoms with Gasteiger partial charge in [-0.2, -0.15) is 11.8 Å². The van der Waals surface area contributed by atoms with Gasteiger partial charge in [-0.25, -0.2) is 4.98 Å². The van der Waals surface area contributed by atoms with E-state index in [-0.39, 0.29) is 0 Å². The monoisotopic (exact) mass is 284 g/mol. The maximum absolute atomic E-state index is 5.02. The molecule has 0 radical (unpaired) electrons. The van der Waals surface area contributed by atoms with Gasteiger partial charge in [-0.1, -0.05) is 0 Å². The Balaban J connectivity index is 1.70. The van der Waals surface area contributed by atoms with Crippen LogP contribution in [0.15, 0.2) is 6.33 Å². The first-order valence-corrected chi connectivity index (χ1v) is 7.93. The molecule has 0 saturated heterocycles. The molecule has 100 valence electrons. The molecule has 0 bridgehead atoms. The van der Waals surface area contributed by atoms with Crippen LogP contribution < -0.4 is 10.6 Å². The lowest BCUT2D eigenvalue weighted by Crippen LogP contribution is -2.33. The number of fused-ring (bicyclic) bond motifs is 1. The SMILES string of the molecule is CNC(=S)NCCSCc1ncn2c1CCCC2. The molecule has 0 saturated carbocycles. The predicted molar refractivity (Wildman–Crippen MR) is 81.0 cm³/mol. The van der Waals surface area contributed by atoms with Gasteiger partial charge in [0.15, 0.2) is 5.11 Å². The van der Waals surface area contributed by atoms with Gasteiger partial charge >= 0.3 is 0 Å². The van der Waals surface area contributed by atoms with Crippen LogP contribution in [0.1, 0.15) is 24.2 Å². The molecule has 6 heteroatoms. The summed E-state index contributed by atoms with van der Waals surface area (Å²) in [6.45, 7) is 2.05. The summed E-state index contributed by atoms with van der Waals surface area (Å²) in [5.74, 6) is 2.06. The third-order valence-electron chi connectivity index (χ3n) is 3.09. The van der Waals surface area contributed by atoms with Crippen molar-refractivity contribution in [1.82, 2.24) is 20.2 Å². The van der Waals surface area contributed by atoms with Crippen LogP contribution >= 0.6 is 24.0 Å². The lowest BCUT2D eigenvalue weighted by atomic mass is 10.1. The van der Waals surface area contributed by atoms with E-state index < -0.39 is 0 Å². The number of thioether (sulfide) groups is 1. The first kappa shape index (κ1) is 13.7. The third kappa shape index (κ3) is 3.62. The quantitative estimate of drug-likeness (QED) is 0.634. The highest BCUT2D eigenvalue weighted by Gasteiger charge is 2.14. The lowest BCUT2D eigenvalue weighted by molar-refractivity contribution is 0.530. The van der Waals surface area contributed by atoms with E-state index in [0.29, 0.717) is 0 Å². The van der Waals surface area contributed by atoms with Crippen molar-refractivity contribution < 1.29 is 0 Å². The van der Waals surface area contributed by atoms with Gasteiger partial charge in [0.1, 0.15) is 0 Å². The van der Waals surface area contributed by atoms with E-state index in [1.54, 1.807) is 0 Å². The Morgan fingerprint density at radius 1 is 1.56 bits per heavy atom. The number of imidazole rings is 1. The number of nitrogens with zero attached hydrogens (tertiary/aromatic N) is 2. The number of rotatable bonds is 5. The zero-order valence-corrected chi connectivity index (χ0v) is 12.4. The van der Waals surface area contributed by atoms with Crippen molar-refractivity contribution in [1.29, 1.82) is 0 Å². The van der Waals surface area contributed by atoms with E-state index in [4.69, 9.17) is 12.2 Å². The van der Waals surface area contributed by atoms with Crippen LogP contribution in [0, 0.1) is 0 Å². The van der Waals surface area contributed by atoms with E-state index in [0.717, 1.165) is 29.7 Å². The van der Waals surface area contributed by atoms with Gasteiger partial charge in [0, 0.05) is 37.3 Å². The predicted octanol–water partition coefficient (Wildman–Crippen LogP) is 1.55. The summed E-state index contributed by atoms with van der Waals surface area (Å²) in [5, 5.41) is 6.77. The highest BCUT2D eigenvalue weighted by molar-refractivity contribution is 7.98. The minimum Gasteiger partial charge on any atom is -0.366 e. The van der Waals surface area contributed by atoms with E-state index in [1.165, 1.54) is 30.7 Å².